The number of urea groups is 1. The van der Waals surface area contributed by atoms with Crippen molar-refractivity contribution in [2.45, 2.75) is 0 Å². The topological polar surface area (TPSA) is 104 Å². The fraction of sp³-hybridized carbons (Fsp3) is 0. The van der Waals surface area contributed by atoms with E-state index in [1.165, 1.54) is 29.7 Å². The third kappa shape index (κ3) is 3.48. The number of carbonyl (C=O) groups is 2. The van der Waals surface area contributed by atoms with Gasteiger partial charge < -0.3 is 10.4 Å². The summed E-state index contributed by atoms with van der Waals surface area (Å²) in [6.45, 7) is 0. The summed E-state index contributed by atoms with van der Waals surface area (Å²) in [6, 6.07) is 2.40. The van der Waals surface area contributed by atoms with Gasteiger partial charge in [-0.3, -0.25) is 5.32 Å². The van der Waals surface area contributed by atoms with Crippen molar-refractivity contribution in [1.29, 1.82) is 0 Å². The SMILES string of the molecule is O=C(Nc1ncc(Br)s1)Nc1cccnc1C(=O)O. The zero-order valence-corrected chi connectivity index (χ0v) is 11.7. The highest BCUT2D eigenvalue weighted by molar-refractivity contribution is 9.11. The molecule has 0 spiro atoms. The molecule has 0 bridgehead atoms. The van der Waals surface area contributed by atoms with E-state index in [-0.39, 0.29) is 11.4 Å². The number of carboxylic acid groups (broad SMARTS) is 1. The second-order valence-electron chi connectivity index (χ2n) is 3.25. The quantitative estimate of drug-likeness (QED) is 0.795. The minimum Gasteiger partial charge on any atom is -0.476 e. The molecule has 2 heterocycles. The molecule has 0 aliphatic heterocycles. The average molecular weight is 343 g/mol. The van der Waals surface area contributed by atoms with E-state index < -0.39 is 12.0 Å². The lowest BCUT2D eigenvalue weighted by Crippen LogP contribution is -2.21. The summed E-state index contributed by atoms with van der Waals surface area (Å²) in [4.78, 5) is 30.2. The predicted octanol–water partition coefficient (Wildman–Crippen LogP) is 2.64. The minimum absolute atomic E-state index is 0.114. The van der Waals surface area contributed by atoms with Gasteiger partial charge in [-0.25, -0.2) is 19.6 Å². The van der Waals surface area contributed by atoms with E-state index in [0.717, 1.165) is 3.79 Å². The first-order chi connectivity index (χ1) is 9.06. The van der Waals surface area contributed by atoms with Gasteiger partial charge in [0.1, 0.15) is 0 Å². The van der Waals surface area contributed by atoms with Crippen LogP contribution in [0.2, 0.25) is 0 Å². The molecule has 0 aliphatic carbocycles. The summed E-state index contributed by atoms with van der Waals surface area (Å²) in [5, 5.41) is 14.2. The Kier molecular flexibility index (Phi) is 4.07. The number of carbonyl (C=O) groups excluding carboxylic acids is 1. The third-order valence-electron chi connectivity index (χ3n) is 1.96. The van der Waals surface area contributed by atoms with E-state index in [4.69, 9.17) is 5.11 Å². The molecule has 0 aromatic carbocycles. The fourth-order valence-corrected chi connectivity index (χ4v) is 2.34. The van der Waals surface area contributed by atoms with Gasteiger partial charge in [0, 0.05) is 6.20 Å². The number of hydrogen-bond donors (Lipinski definition) is 3. The number of aromatic carboxylic acids is 1. The Morgan fingerprint density at radius 1 is 1.32 bits per heavy atom. The van der Waals surface area contributed by atoms with Crippen molar-refractivity contribution in [3.05, 3.63) is 34.0 Å². The highest BCUT2D eigenvalue weighted by Crippen LogP contribution is 2.23. The lowest BCUT2D eigenvalue weighted by Gasteiger charge is -2.07. The molecule has 7 nitrogen and oxygen atoms in total. The van der Waals surface area contributed by atoms with Crippen molar-refractivity contribution in [3.8, 4) is 0 Å². The molecule has 0 atom stereocenters. The number of anilines is 2. The highest BCUT2D eigenvalue weighted by atomic mass is 79.9. The molecule has 2 aromatic rings. The number of amides is 2. The third-order valence-corrected chi connectivity index (χ3v) is 3.35. The normalized spacial score (nSPS) is 9.95. The lowest BCUT2D eigenvalue weighted by molar-refractivity contribution is 0.0692. The molecule has 2 aromatic heterocycles. The van der Waals surface area contributed by atoms with Crippen LogP contribution in [0.1, 0.15) is 10.5 Å². The molecule has 0 fully saturated rings. The Labute approximate surface area is 119 Å². The van der Waals surface area contributed by atoms with E-state index in [9.17, 15) is 9.59 Å². The Balaban J connectivity index is 2.09. The summed E-state index contributed by atoms with van der Waals surface area (Å²) in [7, 11) is 0. The van der Waals surface area contributed by atoms with Gasteiger partial charge in [0.05, 0.1) is 15.7 Å². The Hall–Kier alpha value is -2.00. The summed E-state index contributed by atoms with van der Waals surface area (Å²) in [5.74, 6) is -1.21. The van der Waals surface area contributed by atoms with Gasteiger partial charge in [0.2, 0.25) is 0 Å². The maximum atomic E-state index is 11.7. The maximum absolute atomic E-state index is 11.7. The van der Waals surface area contributed by atoms with E-state index >= 15 is 0 Å². The standard InChI is InChI=1S/C10H7BrN4O3S/c11-6-4-13-10(19-6)15-9(18)14-5-2-1-3-12-7(5)8(16)17/h1-4H,(H,16,17)(H2,13,14,15,18). The van der Waals surface area contributed by atoms with Gasteiger partial charge in [-0.2, -0.15) is 0 Å². The first-order valence-electron chi connectivity index (χ1n) is 4.94. The van der Waals surface area contributed by atoms with Crippen molar-refractivity contribution in [2.75, 3.05) is 10.6 Å². The first kappa shape index (κ1) is 13.4. The highest BCUT2D eigenvalue weighted by Gasteiger charge is 2.13. The molecule has 2 amide bonds. The molecule has 0 radical (unpaired) electrons. The van der Waals surface area contributed by atoms with Crippen molar-refractivity contribution in [2.24, 2.45) is 0 Å². The second-order valence-corrected chi connectivity index (χ2v) is 5.66. The van der Waals surface area contributed by atoms with Crippen molar-refractivity contribution in [3.63, 3.8) is 0 Å². The van der Waals surface area contributed by atoms with Gasteiger partial charge in [-0.15, -0.1) is 0 Å². The number of nitrogens with zero attached hydrogens (tertiary/aromatic N) is 2. The summed E-state index contributed by atoms with van der Waals surface area (Å²) in [6.07, 6.45) is 2.89. The largest absolute Gasteiger partial charge is 0.476 e. The van der Waals surface area contributed by atoms with Gasteiger partial charge in [-0.1, -0.05) is 11.3 Å². The van der Waals surface area contributed by atoms with Crippen LogP contribution in [-0.4, -0.2) is 27.1 Å². The number of hydrogen-bond acceptors (Lipinski definition) is 5. The van der Waals surface area contributed by atoms with Crippen LogP contribution in [0.5, 0.6) is 0 Å². The number of nitrogens with one attached hydrogen (secondary N) is 2. The van der Waals surface area contributed by atoms with Gasteiger partial charge in [0.25, 0.3) is 0 Å². The zero-order chi connectivity index (χ0) is 13.8. The maximum Gasteiger partial charge on any atom is 0.356 e. The molecule has 0 aliphatic rings. The zero-order valence-electron chi connectivity index (χ0n) is 9.25. The predicted molar refractivity (Wildman–Crippen MR) is 73.7 cm³/mol. The van der Waals surface area contributed by atoms with Gasteiger partial charge in [-0.05, 0) is 28.1 Å². The molecular formula is C10H7BrN4O3S. The van der Waals surface area contributed by atoms with Crippen LogP contribution < -0.4 is 10.6 Å². The molecule has 98 valence electrons. The molecule has 0 saturated carbocycles. The van der Waals surface area contributed by atoms with Crippen molar-refractivity contribution in [1.82, 2.24) is 9.97 Å². The van der Waals surface area contributed by atoms with Crippen LogP contribution in [-0.2, 0) is 0 Å². The number of pyridine rings is 1. The molecule has 0 unspecified atom stereocenters. The van der Waals surface area contributed by atoms with Gasteiger partial charge in [0.15, 0.2) is 10.8 Å². The molecule has 19 heavy (non-hydrogen) atoms. The minimum atomic E-state index is -1.21. The number of carboxylic acids is 1. The Bertz CT molecular complexity index is 631. The number of aromatic nitrogens is 2. The lowest BCUT2D eigenvalue weighted by atomic mass is 10.3. The van der Waals surface area contributed by atoms with E-state index in [0.29, 0.717) is 5.13 Å². The van der Waals surface area contributed by atoms with E-state index in [2.05, 4.69) is 36.5 Å². The smallest absolute Gasteiger partial charge is 0.356 e. The molecular weight excluding hydrogens is 336 g/mol. The Morgan fingerprint density at radius 2 is 2.11 bits per heavy atom. The number of halogens is 1. The fourth-order valence-electron chi connectivity index (χ4n) is 1.24. The van der Waals surface area contributed by atoms with E-state index in [1.807, 2.05) is 0 Å². The molecule has 0 saturated heterocycles. The van der Waals surface area contributed by atoms with Crippen LogP contribution >= 0.6 is 27.3 Å². The summed E-state index contributed by atoms with van der Waals surface area (Å²) in [5.41, 5.74) is -0.110. The average Bonchev–Trinajstić information content (AvgIpc) is 2.75. The van der Waals surface area contributed by atoms with Crippen LogP contribution in [0.15, 0.2) is 28.3 Å². The summed E-state index contributed by atoms with van der Waals surface area (Å²) < 4.78 is 0.774. The van der Waals surface area contributed by atoms with Crippen LogP contribution in [0.4, 0.5) is 15.6 Å². The molecule has 2 rings (SSSR count). The Morgan fingerprint density at radius 3 is 2.74 bits per heavy atom. The molecule has 3 N–H and O–H groups in total. The van der Waals surface area contributed by atoms with Crippen LogP contribution in [0, 0.1) is 0 Å². The van der Waals surface area contributed by atoms with E-state index in [1.54, 1.807) is 6.20 Å². The monoisotopic (exact) mass is 342 g/mol. The second kappa shape index (κ2) is 5.76. The van der Waals surface area contributed by atoms with Crippen LogP contribution in [0.25, 0.3) is 0 Å². The molecule has 9 heteroatoms. The summed E-state index contributed by atoms with van der Waals surface area (Å²) >= 11 is 4.45. The van der Waals surface area contributed by atoms with Gasteiger partial charge >= 0.3 is 12.0 Å². The first-order valence-corrected chi connectivity index (χ1v) is 6.55. The van der Waals surface area contributed by atoms with Crippen LogP contribution in [0.3, 0.4) is 0 Å². The number of rotatable bonds is 3. The number of thiazole rings is 1. The van der Waals surface area contributed by atoms with Crippen molar-refractivity contribution < 1.29 is 14.7 Å². The van der Waals surface area contributed by atoms with Crippen molar-refractivity contribution >= 4 is 50.1 Å².